The van der Waals surface area contributed by atoms with Crippen molar-refractivity contribution in [1.29, 1.82) is 0 Å². The number of sulfonamides is 1. The van der Waals surface area contributed by atoms with E-state index in [1.165, 1.54) is 18.4 Å². The van der Waals surface area contributed by atoms with Gasteiger partial charge in [-0.1, -0.05) is 24.3 Å². The maximum absolute atomic E-state index is 12.7. The Hall–Kier alpha value is -4.11. The van der Waals surface area contributed by atoms with Crippen LogP contribution in [0.3, 0.4) is 0 Å². The van der Waals surface area contributed by atoms with Crippen LogP contribution >= 0.6 is 0 Å². The van der Waals surface area contributed by atoms with E-state index >= 15 is 0 Å². The van der Waals surface area contributed by atoms with Crippen LogP contribution in [0.5, 0.6) is 5.75 Å². The second kappa shape index (κ2) is 14.8. The summed E-state index contributed by atoms with van der Waals surface area (Å²) < 4.78 is 113. The number of ether oxygens (including phenoxy) is 1. The minimum atomic E-state index is -4.80. The molecule has 0 spiro atoms. The maximum Gasteiger partial charge on any atom is 0.416 e. The third kappa shape index (κ3) is 11.4. The average molecular weight is 657 g/mol. The molecule has 2 aromatic carbocycles. The van der Waals surface area contributed by atoms with Gasteiger partial charge in [0.25, 0.3) is 0 Å². The fourth-order valence-corrected chi connectivity index (χ4v) is 5.24. The monoisotopic (exact) mass is 656 g/mol. The summed E-state index contributed by atoms with van der Waals surface area (Å²) in [5.74, 6) is -0.406. The van der Waals surface area contributed by atoms with Crippen LogP contribution in [-0.2, 0) is 42.2 Å². The number of halogens is 6. The van der Waals surface area contributed by atoms with Gasteiger partial charge in [-0.15, -0.1) is 0 Å². The summed E-state index contributed by atoms with van der Waals surface area (Å²) in [5.41, 5.74) is 1.50. The SMILES string of the molecule is O=S(=O)(CC(F)(F)F)NCCc1nccn1CCCCc1ccc(OCc2coc(/C=C/c3ccc(C(F)(F)F)cc3)n2)cc1. The summed E-state index contributed by atoms with van der Waals surface area (Å²) in [4.78, 5) is 8.47. The van der Waals surface area contributed by atoms with Gasteiger partial charge in [-0.25, -0.2) is 23.1 Å². The lowest BCUT2D eigenvalue weighted by atomic mass is 10.1. The molecule has 0 radical (unpaired) electrons. The number of alkyl halides is 6. The number of rotatable bonds is 15. The zero-order valence-corrected chi connectivity index (χ0v) is 24.6. The van der Waals surface area contributed by atoms with Crippen molar-refractivity contribution < 1.29 is 43.9 Å². The highest BCUT2D eigenvalue weighted by molar-refractivity contribution is 7.89. The van der Waals surface area contributed by atoms with Crippen molar-refractivity contribution in [3.63, 3.8) is 0 Å². The summed E-state index contributed by atoms with van der Waals surface area (Å²) in [7, 11) is -4.45. The maximum atomic E-state index is 12.7. The minimum absolute atomic E-state index is 0.161. The molecule has 0 saturated carbocycles. The molecule has 45 heavy (non-hydrogen) atoms. The van der Waals surface area contributed by atoms with Crippen LogP contribution in [-0.4, -0.2) is 41.4 Å². The van der Waals surface area contributed by atoms with Crippen molar-refractivity contribution in [2.45, 2.75) is 51.2 Å². The number of nitrogens with one attached hydrogen (secondary N) is 1. The van der Waals surface area contributed by atoms with Gasteiger partial charge < -0.3 is 13.7 Å². The van der Waals surface area contributed by atoms with Gasteiger partial charge in [-0.3, -0.25) is 0 Å². The standard InChI is InChI=1S/C30H30F6N4O4S/c31-29(32,33)21-45(41,42)38-15-14-27-37-16-18-40(27)17-2-1-3-22-6-11-26(12-7-22)43-19-25-20-44-28(39-25)13-8-23-4-9-24(10-5-23)30(34,35)36/h4-13,16,18,20,38H,1-3,14-15,17,19,21H2/b13-8+. The normalized spacial score (nSPS) is 12.7. The highest BCUT2D eigenvalue weighted by atomic mass is 32.2. The summed E-state index contributed by atoms with van der Waals surface area (Å²) in [6.45, 7) is 0.615. The zero-order valence-electron chi connectivity index (χ0n) is 23.8. The number of aromatic nitrogens is 3. The largest absolute Gasteiger partial charge is 0.487 e. The third-order valence-corrected chi connectivity index (χ3v) is 7.83. The van der Waals surface area contributed by atoms with Crippen LogP contribution in [0.25, 0.3) is 12.2 Å². The lowest BCUT2D eigenvalue weighted by Gasteiger charge is -2.10. The summed E-state index contributed by atoms with van der Waals surface area (Å²) in [6, 6.07) is 12.3. The van der Waals surface area contributed by atoms with Gasteiger partial charge in [0.2, 0.25) is 15.9 Å². The molecule has 0 bridgehead atoms. The van der Waals surface area contributed by atoms with Crippen molar-refractivity contribution in [2.24, 2.45) is 0 Å². The van der Waals surface area contributed by atoms with Crippen LogP contribution in [0.15, 0.2) is 71.6 Å². The number of aryl methyl sites for hydroxylation is 2. The molecule has 242 valence electrons. The van der Waals surface area contributed by atoms with Gasteiger partial charge in [0, 0.05) is 38.0 Å². The van der Waals surface area contributed by atoms with Crippen LogP contribution in [0, 0.1) is 0 Å². The predicted molar refractivity (Wildman–Crippen MR) is 154 cm³/mol. The van der Waals surface area contributed by atoms with Crippen molar-refractivity contribution in [1.82, 2.24) is 19.3 Å². The number of imidazole rings is 1. The van der Waals surface area contributed by atoms with Crippen LogP contribution in [0.1, 0.15) is 46.9 Å². The van der Waals surface area contributed by atoms with E-state index in [2.05, 4.69) is 9.97 Å². The van der Waals surface area contributed by atoms with E-state index in [-0.39, 0.29) is 25.5 Å². The number of unbranched alkanes of at least 4 members (excludes halogenated alkanes) is 1. The number of hydrogen-bond donors (Lipinski definition) is 1. The Morgan fingerprint density at radius 3 is 2.36 bits per heavy atom. The predicted octanol–water partition coefficient (Wildman–Crippen LogP) is 6.69. The second-order valence-electron chi connectivity index (χ2n) is 10.1. The van der Waals surface area contributed by atoms with Gasteiger partial charge in [-0.2, -0.15) is 26.3 Å². The first-order valence-corrected chi connectivity index (χ1v) is 15.5. The van der Waals surface area contributed by atoms with Crippen LogP contribution in [0.4, 0.5) is 26.3 Å². The van der Waals surface area contributed by atoms with Gasteiger partial charge in [0.05, 0.1) is 5.56 Å². The van der Waals surface area contributed by atoms with Gasteiger partial charge in [0.1, 0.15) is 30.1 Å². The molecule has 0 amide bonds. The minimum Gasteiger partial charge on any atom is -0.487 e. The van der Waals surface area contributed by atoms with Gasteiger partial charge in [-0.05, 0) is 60.7 Å². The molecular formula is C30H30F6N4O4S. The lowest BCUT2D eigenvalue weighted by molar-refractivity contribution is -0.137. The van der Waals surface area contributed by atoms with Crippen LogP contribution in [0.2, 0.25) is 0 Å². The molecule has 4 rings (SSSR count). The van der Waals surface area contributed by atoms with Crippen LogP contribution < -0.4 is 9.46 Å². The average Bonchev–Trinajstić information content (AvgIpc) is 3.61. The third-order valence-electron chi connectivity index (χ3n) is 6.48. The van der Waals surface area contributed by atoms with E-state index in [0.717, 1.165) is 37.0 Å². The van der Waals surface area contributed by atoms with E-state index < -0.39 is 33.7 Å². The fraction of sp³-hybridized carbons (Fsp3) is 0.333. The zero-order chi connectivity index (χ0) is 32.5. The number of nitrogens with zero attached hydrogens (tertiary/aromatic N) is 3. The molecule has 1 N–H and O–H groups in total. The number of benzene rings is 2. The van der Waals surface area contributed by atoms with E-state index in [9.17, 15) is 34.8 Å². The Bertz CT molecular complexity index is 1650. The Morgan fingerprint density at radius 2 is 1.67 bits per heavy atom. The molecule has 2 aromatic heterocycles. The summed E-state index contributed by atoms with van der Waals surface area (Å²) in [6.07, 6.45) is 1.37. The van der Waals surface area contributed by atoms with E-state index in [1.54, 1.807) is 24.5 Å². The smallest absolute Gasteiger partial charge is 0.416 e. The number of oxazole rings is 1. The van der Waals surface area contributed by atoms with Crippen molar-refractivity contribution >= 4 is 22.2 Å². The molecule has 0 atom stereocenters. The molecule has 0 saturated heterocycles. The van der Waals surface area contributed by atoms with Gasteiger partial charge in [0.15, 0.2) is 5.75 Å². The summed E-state index contributed by atoms with van der Waals surface area (Å²) >= 11 is 0. The Morgan fingerprint density at radius 1 is 0.933 bits per heavy atom. The van der Waals surface area contributed by atoms with Crippen molar-refractivity contribution in [3.05, 3.63) is 101 Å². The Kier molecular flexibility index (Phi) is 11.1. The lowest BCUT2D eigenvalue weighted by Crippen LogP contribution is -2.34. The molecule has 0 fully saturated rings. The second-order valence-corrected chi connectivity index (χ2v) is 11.9. The molecule has 0 aliphatic heterocycles. The quantitative estimate of drug-likeness (QED) is 0.113. The van der Waals surface area contributed by atoms with Crippen molar-refractivity contribution in [2.75, 3.05) is 12.3 Å². The summed E-state index contributed by atoms with van der Waals surface area (Å²) in [5, 5.41) is 0. The Balaban J connectivity index is 1.15. The first-order valence-electron chi connectivity index (χ1n) is 13.8. The van der Waals surface area contributed by atoms with E-state index in [0.29, 0.717) is 29.4 Å². The Labute approximate surface area is 255 Å². The molecule has 0 aliphatic carbocycles. The fourth-order valence-electron chi connectivity index (χ4n) is 4.29. The van der Waals surface area contributed by atoms with E-state index in [1.807, 2.05) is 33.6 Å². The van der Waals surface area contributed by atoms with Gasteiger partial charge >= 0.3 is 12.4 Å². The number of hydrogen-bond acceptors (Lipinski definition) is 6. The molecule has 8 nitrogen and oxygen atoms in total. The first-order chi connectivity index (χ1) is 21.3. The van der Waals surface area contributed by atoms with Crippen molar-refractivity contribution in [3.8, 4) is 5.75 Å². The molecule has 0 aliphatic rings. The molecule has 2 heterocycles. The highest BCUT2D eigenvalue weighted by Gasteiger charge is 2.34. The molecule has 4 aromatic rings. The molecular weight excluding hydrogens is 626 g/mol. The highest BCUT2D eigenvalue weighted by Crippen LogP contribution is 2.29. The topological polar surface area (TPSA) is 99.2 Å². The molecule has 15 heteroatoms. The van der Waals surface area contributed by atoms with E-state index in [4.69, 9.17) is 9.15 Å². The molecule has 0 unspecified atom stereocenters. The first kappa shape index (κ1) is 33.8.